The molecule has 1 aromatic carbocycles. The van der Waals surface area contributed by atoms with Crippen molar-refractivity contribution in [1.29, 1.82) is 0 Å². The predicted octanol–water partition coefficient (Wildman–Crippen LogP) is 5.03. The van der Waals surface area contributed by atoms with E-state index in [0.29, 0.717) is 18.2 Å². The molecule has 1 amide bonds. The van der Waals surface area contributed by atoms with Gasteiger partial charge in [-0.1, -0.05) is 50.5 Å². The largest absolute Gasteiger partial charge is 0.461 e. The van der Waals surface area contributed by atoms with Gasteiger partial charge >= 0.3 is 5.97 Å². The molecule has 4 rings (SSSR count). The maximum Gasteiger partial charge on any atom is 0.358 e. The van der Waals surface area contributed by atoms with Gasteiger partial charge in [-0.05, 0) is 56.2 Å². The summed E-state index contributed by atoms with van der Waals surface area (Å²) in [6.07, 6.45) is 8.38. The lowest BCUT2D eigenvalue weighted by molar-refractivity contribution is -0.137. The molecule has 6 heteroatoms. The number of ether oxygens (including phenoxy) is 1. The van der Waals surface area contributed by atoms with Crippen LogP contribution in [0.15, 0.2) is 30.3 Å². The van der Waals surface area contributed by atoms with Crippen LogP contribution in [-0.2, 0) is 16.0 Å². The number of carbonyl (C=O) groups excluding carboxylic acids is 2. The van der Waals surface area contributed by atoms with Crippen molar-refractivity contribution in [3.05, 3.63) is 41.6 Å². The minimum atomic E-state index is -0.386. The maximum absolute atomic E-state index is 13.0. The lowest BCUT2D eigenvalue weighted by Gasteiger charge is -2.35. The summed E-state index contributed by atoms with van der Waals surface area (Å²) in [4.78, 5) is 27.4. The zero-order valence-corrected chi connectivity index (χ0v) is 19.4. The quantitative estimate of drug-likeness (QED) is 0.595. The first-order chi connectivity index (χ1) is 15.6. The van der Waals surface area contributed by atoms with Gasteiger partial charge in [-0.25, -0.2) is 4.79 Å². The summed E-state index contributed by atoms with van der Waals surface area (Å²) < 4.78 is 7.20. The minimum Gasteiger partial charge on any atom is -0.461 e. The summed E-state index contributed by atoms with van der Waals surface area (Å²) in [7, 11) is 0. The van der Waals surface area contributed by atoms with Gasteiger partial charge in [0.1, 0.15) is 0 Å². The number of aryl methyl sites for hydroxylation is 1. The second-order valence-electron chi connectivity index (χ2n) is 9.02. The number of amides is 1. The lowest BCUT2D eigenvalue weighted by Crippen LogP contribution is -2.42. The predicted molar refractivity (Wildman–Crippen MR) is 124 cm³/mol. The molecular formula is C26H35N3O3. The SMILES string of the molecule is CCOC(=O)c1cc(-c2ccc(CC)cc2)n(C2CCN(C(=O)C3CCCCC3)CC2)n1. The van der Waals surface area contributed by atoms with Gasteiger partial charge < -0.3 is 9.64 Å². The molecule has 1 saturated carbocycles. The molecule has 2 aliphatic rings. The molecule has 0 N–H and O–H groups in total. The third-order valence-electron chi connectivity index (χ3n) is 6.95. The molecule has 0 radical (unpaired) electrons. The fraction of sp³-hybridized carbons (Fsp3) is 0.577. The van der Waals surface area contributed by atoms with E-state index >= 15 is 0 Å². The molecule has 172 valence electrons. The standard InChI is InChI=1S/C26H35N3O3/c1-3-19-10-12-20(13-11-19)24-18-23(26(31)32-4-2)27-29(24)22-14-16-28(17-15-22)25(30)21-8-6-5-7-9-21/h10-13,18,21-22H,3-9,14-17H2,1-2H3. The summed E-state index contributed by atoms with van der Waals surface area (Å²) >= 11 is 0. The van der Waals surface area contributed by atoms with Crippen molar-refractivity contribution >= 4 is 11.9 Å². The highest BCUT2D eigenvalue weighted by atomic mass is 16.5. The van der Waals surface area contributed by atoms with Crippen LogP contribution < -0.4 is 0 Å². The van der Waals surface area contributed by atoms with Crippen molar-refractivity contribution in [2.75, 3.05) is 19.7 Å². The van der Waals surface area contributed by atoms with Crippen molar-refractivity contribution in [3.63, 3.8) is 0 Å². The third kappa shape index (κ3) is 4.89. The highest BCUT2D eigenvalue weighted by molar-refractivity contribution is 5.88. The smallest absolute Gasteiger partial charge is 0.358 e. The fourth-order valence-electron chi connectivity index (χ4n) is 5.04. The molecule has 0 unspecified atom stereocenters. The number of benzene rings is 1. The second-order valence-corrected chi connectivity index (χ2v) is 9.02. The zero-order valence-electron chi connectivity index (χ0n) is 19.4. The monoisotopic (exact) mass is 437 g/mol. The van der Waals surface area contributed by atoms with Gasteiger partial charge in [-0.15, -0.1) is 0 Å². The van der Waals surface area contributed by atoms with Gasteiger partial charge in [0.25, 0.3) is 0 Å². The molecule has 6 nitrogen and oxygen atoms in total. The van der Waals surface area contributed by atoms with E-state index in [2.05, 4.69) is 41.2 Å². The Morgan fingerprint density at radius 1 is 1.00 bits per heavy atom. The number of piperidine rings is 1. The van der Waals surface area contributed by atoms with E-state index in [1.807, 2.05) is 10.7 Å². The highest BCUT2D eigenvalue weighted by Crippen LogP contribution is 2.32. The first-order valence-corrected chi connectivity index (χ1v) is 12.3. The molecule has 2 fully saturated rings. The number of likely N-dealkylation sites (tertiary alicyclic amines) is 1. The van der Waals surface area contributed by atoms with Crippen LogP contribution in [0.25, 0.3) is 11.3 Å². The Bertz CT molecular complexity index is 920. The lowest BCUT2D eigenvalue weighted by atomic mass is 9.87. The van der Waals surface area contributed by atoms with E-state index in [1.165, 1.54) is 24.8 Å². The van der Waals surface area contributed by atoms with Crippen LogP contribution in [0.4, 0.5) is 0 Å². The van der Waals surface area contributed by atoms with Gasteiger partial charge in [-0.3, -0.25) is 9.48 Å². The van der Waals surface area contributed by atoms with E-state index in [9.17, 15) is 9.59 Å². The van der Waals surface area contributed by atoms with Crippen molar-refractivity contribution in [2.45, 2.75) is 71.3 Å². The molecule has 1 saturated heterocycles. The van der Waals surface area contributed by atoms with Crippen molar-refractivity contribution in [1.82, 2.24) is 14.7 Å². The number of nitrogens with zero attached hydrogens (tertiary/aromatic N) is 3. The molecule has 2 aromatic rings. The van der Waals surface area contributed by atoms with E-state index in [-0.39, 0.29) is 17.9 Å². The molecule has 0 bridgehead atoms. The van der Waals surface area contributed by atoms with Gasteiger partial charge in [-0.2, -0.15) is 5.10 Å². The molecule has 1 aromatic heterocycles. The number of esters is 1. The molecule has 1 aliphatic carbocycles. The van der Waals surface area contributed by atoms with Gasteiger partial charge in [0.2, 0.25) is 5.91 Å². The zero-order chi connectivity index (χ0) is 22.5. The molecule has 2 heterocycles. The summed E-state index contributed by atoms with van der Waals surface area (Å²) in [5.41, 5.74) is 3.61. The number of hydrogen-bond donors (Lipinski definition) is 0. The van der Waals surface area contributed by atoms with Gasteiger partial charge in [0.05, 0.1) is 18.3 Å². The number of carbonyl (C=O) groups is 2. The maximum atomic E-state index is 13.0. The molecule has 0 spiro atoms. The Kier molecular flexibility index (Phi) is 7.28. The summed E-state index contributed by atoms with van der Waals surface area (Å²) in [5.74, 6) is 0.168. The van der Waals surface area contributed by atoms with Crippen LogP contribution in [-0.4, -0.2) is 46.3 Å². The van der Waals surface area contributed by atoms with Crippen molar-refractivity contribution in [2.24, 2.45) is 5.92 Å². The minimum absolute atomic E-state index is 0.162. The Balaban J connectivity index is 1.52. The van der Waals surface area contributed by atoms with Crippen LogP contribution in [0.5, 0.6) is 0 Å². The molecule has 1 aliphatic heterocycles. The second kappa shape index (κ2) is 10.3. The number of aromatic nitrogens is 2. The Morgan fingerprint density at radius 2 is 1.69 bits per heavy atom. The first-order valence-electron chi connectivity index (χ1n) is 12.3. The fourth-order valence-corrected chi connectivity index (χ4v) is 5.04. The summed E-state index contributed by atoms with van der Waals surface area (Å²) in [6, 6.07) is 10.5. The number of rotatable bonds is 6. The van der Waals surface area contributed by atoms with Crippen molar-refractivity contribution in [3.8, 4) is 11.3 Å². The average Bonchev–Trinajstić information content (AvgIpc) is 3.30. The average molecular weight is 438 g/mol. The van der Waals surface area contributed by atoms with Crippen LogP contribution in [0.1, 0.15) is 80.9 Å². The van der Waals surface area contributed by atoms with Gasteiger partial charge in [0, 0.05) is 19.0 Å². The van der Waals surface area contributed by atoms with Gasteiger partial charge in [0.15, 0.2) is 5.69 Å². The Morgan fingerprint density at radius 3 is 2.31 bits per heavy atom. The summed E-state index contributed by atoms with van der Waals surface area (Å²) in [5, 5.41) is 4.67. The normalized spacial score (nSPS) is 18.0. The van der Waals surface area contributed by atoms with E-state index in [0.717, 1.165) is 56.5 Å². The molecule has 0 atom stereocenters. The number of hydrogen-bond acceptors (Lipinski definition) is 4. The van der Waals surface area contributed by atoms with E-state index in [1.54, 1.807) is 6.92 Å². The first kappa shape index (κ1) is 22.6. The Labute approximate surface area is 190 Å². The van der Waals surface area contributed by atoms with Crippen LogP contribution in [0.2, 0.25) is 0 Å². The Hall–Kier alpha value is -2.63. The topological polar surface area (TPSA) is 64.4 Å². The van der Waals surface area contributed by atoms with Crippen molar-refractivity contribution < 1.29 is 14.3 Å². The van der Waals surface area contributed by atoms with E-state index in [4.69, 9.17) is 4.74 Å². The summed E-state index contributed by atoms with van der Waals surface area (Å²) in [6.45, 7) is 5.78. The van der Waals surface area contributed by atoms with Crippen LogP contribution >= 0.6 is 0 Å². The highest BCUT2D eigenvalue weighted by Gasteiger charge is 2.31. The third-order valence-corrected chi connectivity index (χ3v) is 6.95. The molecular weight excluding hydrogens is 402 g/mol. The molecule has 32 heavy (non-hydrogen) atoms. The van der Waals surface area contributed by atoms with E-state index < -0.39 is 0 Å². The van der Waals surface area contributed by atoms with Crippen LogP contribution in [0, 0.1) is 5.92 Å². The van der Waals surface area contributed by atoms with Crippen LogP contribution in [0.3, 0.4) is 0 Å².